The second-order valence-corrected chi connectivity index (χ2v) is 9.00. The van der Waals surface area contributed by atoms with E-state index in [1.807, 2.05) is 24.3 Å². The molecule has 0 aliphatic heterocycles. The molecule has 0 saturated heterocycles. The molecule has 4 rings (SSSR count). The summed E-state index contributed by atoms with van der Waals surface area (Å²) in [5.41, 5.74) is 6.07. The van der Waals surface area contributed by atoms with Crippen LogP contribution in [0.3, 0.4) is 0 Å². The molecular weight excluding hydrogens is 474 g/mol. The van der Waals surface area contributed by atoms with Gasteiger partial charge in [-0.15, -0.1) is 0 Å². The van der Waals surface area contributed by atoms with Crippen molar-refractivity contribution in [3.05, 3.63) is 98.0 Å². The molecule has 5 nitrogen and oxygen atoms in total. The van der Waals surface area contributed by atoms with E-state index in [2.05, 4.69) is 53.0 Å². The lowest BCUT2D eigenvalue weighted by molar-refractivity contribution is -0.384. The molecule has 1 heterocycles. The number of rotatable bonds is 5. The Balaban J connectivity index is 1.80. The number of thiazole rings is 1. The summed E-state index contributed by atoms with van der Waals surface area (Å²) in [7, 11) is 0. The molecule has 0 fully saturated rings. The molecule has 0 radical (unpaired) electrons. The number of nitro groups is 1. The number of aryl methyl sites for hydroxylation is 2. The largest absolute Gasteiger partial charge is 0.269 e. The van der Waals surface area contributed by atoms with E-state index in [1.54, 1.807) is 18.3 Å². The number of halogens is 1. The highest BCUT2D eigenvalue weighted by Gasteiger charge is 2.17. The van der Waals surface area contributed by atoms with Gasteiger partial charge in [0.1, 0.15) is 0 Å². The Morgan fingerprint density at radius 2 is 1.84 bits per heavy atom. The average molecular weight is 492 g/mol. The number of non-ortho nitro benzene ring substituents is 1. The van der Waals surface area contributed by atoms with Crippen LogP contribution in [0.15, 0.2) is 76.2 Å². The van der Waals surface area contributed by atoms with Crippen molar-refractivity contribution >= 4 is 44.3 Å². The van der Waals surface area contributed by atoms with Crippen LogP contribution in [-0.4, -0.2) is 16.1 Å². The highest BCUT2D eigenvalue weighted by atomic mass is 79.9. The lowest BCUT2D eigenvalue weighted by Gasteiger charge is -2.07. The molecule has 4 aromatic rings. The monoisotopic (exact) mass is 491 g/mol. The third-order valence-electron chi connectivity index (χ3n) is 4.77. The quantitative estimate of drug-likeness (QED) is 0.164. The van der Waals surface area contributed by atoms with Gasteiger partial charge in [0.25, 0.3) is 5.69 Å². The molecule has 0 atom stereocenters. The molecule has 0 aliphatic carbocycles. The van der Waals surface area contributed by atoms with Crippen LogP contribution >= 0.6 is 27.3 Å². The van der Waals surface area contributed by atoms with E-state index in [0.29, 0.717) is 5.13 Å². The van der Waals surface area contributed by atoms with Crippen molar-refractivity contribution in [2.24, 2.45) is 4.99 Å². The standard InChI is InChI=1S/C24H18BrN3O2S/c1-15-6-11-21(16(2)12-15)22-23(18-7-9-20(10-8-18)28(29)30)31-24(27-22)26-14-17-4-3-5-19(25)13-17/h3-14H,1-2H3. The molecule has 0 amide bonds. The summed E-state index contributed by atoms with van der Waals surface area (Å²) in [4.78, 5) is 21.0. The highest BCUT2D eigenvalue weighted by molar-refractivity contribution is 9.10. The van der Waals surface area contributed by atoms with Gasteiger partial charge in [-0.1, -0.05) is 63.2 Å². The van der Waals surface area contributed by atoms with Crippen molar-refractivity contribution in [3.8, 4) is 21.7 Å². The van der Waals surface area contributed by atoms with E-state index in [0.717, 1.165) is 37.3 Å². The third-order valence-corrected chi connectivity index (χ3v) is 6.27. The number of hydrogen-bond donors (Lipinski definition) is 0. The van der Waals surface area contributed by atoms with Gasteiger partial charge in [-0.3, -0.25) is 10.1 Å². The predicted molar refractivity (Wildman–Crippen MR) is 131 cm³/mol. The maximum absolute atomic E-state index is 11.0. The first-order chi connectivity index (χ1) is 14.9. The van der Waals surface area contributed by atoms with Crippen molar-refractivity contribution in [2.45, 2.75) is 13.8 Å². The molecular formula is C24H18BrN3O2S. The fraction of sp³-hybridized carbons (Fsp3) is 0.0833. The Bertz CT molecular complexity index is 1300. The van der Waals surface area contributed by atoms with Crippen molar-refractivity contribution in [1.82, 2.24) is 4.98 Å². The van der Waals surface area contributed by atoms with E-state index in [-0.39, 0.29) is 5.69 Å². The molecule has 0 saturated carbocycles. The smallest absolute Gasteiger partial charge is 0.258 e. The van der Waals surface area contributed by atoms with Gasteiger partial charge in [0.15, 0.2) is 0 Å². The minimum Gasteiger partial charge on any atom is -0.258 e. The third kappa shape index (κ3) is 4.78. The zero-order valence-electron chi connectivity index (χ0n) is 16.9. The Labute approximate surface area is 192 Å². The van der Waals surface area contributed by atoms with Crippen LogP contribution in [-0.2, 0) is 0 Å². The van der Waals surface area contributed by atoms with Crippen LogP contribution in [0.1, 0.15) is 16.7 Å². The Morgan fingerprint density at radius 1 is 1.06 bits per heavy atom. The van der Waals surface area contributed by atoms with E-state index in [9.17, 15) is 10.1 Å². The Morgan fingerprint density at radius 3 is 2.52 bits per heavy atom. The lowest BCUT2D eigenvalue weighted by Crippen LogP contribution is -1.89. The summed E-state index contributed by atoms with van der Waals surface area (Å²) in [6.45, 7) is 4.12. The van der Waals surface area contributed by atoms with Gasteiger partial charge >= 0.3 is 0 Å². The number of nitrogens with zero attached hydrogens (tertiary/aromatic N) is 3. The summed E-state index contributed by atoms with van der Waals surface area (Å²) >= 11 is 4.94. The second kappa shape index (κ2) is 8.91. The van der Waals surface area contributed by atoms with E-state index in [4.69, 9.17) is 4.98 Å². The first kappa shape index (κ1) is 21.1. The van der Waals surface area contributed by atoms with Crippen LogP contribution < -0.4 is 0 Å². The van der Waals surface area contributed by atoms with Crippen molar-refractivity contribution in [2.75, 3.05) is 0 Å². The van der Waals surface area contributed by atoms with Crippen molar-refractivity contribution in [3.63, 3.8) is 0 Å². The maximum Gasteiger partial charge on any atom is 0.269 e. The minimum atomic E-state index is -0.394. The SMILES string of the molecule is Cc1ccc(-c2nc(N=Cc3cccc(Br)c3)sc2-c2ccc([N+](=O)[O-])cc2)c(C)c1. The second-order valence-electron chi connectivity index (χ2n) is 7.11. The van der Waals surface area contributed by atoms with E-state index >= 15 is 0 Å². The maximum atomic E-state index is 11.0. The van der Waals surface area contributed by atoms with Crippen molar-refractivity contribution in [1.29, 1.82) is 0 Å². The predicted octanol–water partition coefficient (Wildman–Crippen LogP) is 7.52. The number of nitro benzene ring substituents is 1. The summed E-state index contributed by atoms with van der Waals surface area (Å²) < 4.78 is 0.984. The molecule has 31 heavy (non-hydrogen) atoms. The minimum absolute atomic E-state index is 0.0641. The summed E-state index contributed by atoms with van der Waals surface area (Å²) in [5.74, 6) is 0. The van der Waals surface area contributed by atoms with E-state index in [1.165, 1.54) is 29.0 Å². The number of aliphatic imine (C=N–C) groups is 1. The van der Waals surface area contributed by atoms with E-state index < -0.39 is 4.92 Å². The number of aromatic nitrogens is 1. The fourth-order valence-corrected chi connectivity index (χ4v) is 4.62. The van der Waals surface area contributed by atoms with Gasteiger partial charge in [0, 0.05) is 28.4 Å². The van der Waals surface area contributed by atoms with Gasteiger partial charge in [-0.2, -0.15) is 0 Å². The summed E-state index contributed by atoms with van der Waals surface area (Å²) in [5, 5.41) is 11.7. The zero-order chi connectivity index (χ0) is 22.0. The van der Waals surface area contributed by atoms with Crippen LogP contribution in [0, 0.1) is 24.0 Å². The molecule has 0 N–H and O–H groups in total. The van der Waals surface area contributed by atoms with Crippen molar-refractivity contribution < 1.29 is 4.92 Å². The zero-order valence-corrected chi connectivity index (χ0v) is 19.3. The highest BCUT2D eigenvalue weighted by Crippen LogP contribution is 2.41. The number of hydrogen-bond acceptors (Lipinski definition) is 5. The van der Waals surface area contributed by atoms with Crippen LogP contribution in [0.4, 0.5) is 10.8 Å². The molecule has 7 heteroatoms. The van der Waals surface area contributed by atoms with Gasteiger partial charge in [0.2, 0.25) is 5.13 Å². The fourth-order valence-electron chi connectivity index (χ4n) is 3.27. The molecule has 154 valence electrons. The Kier molecular flexibility index (Phi) is 6.06. The molecule has 0 spiro atoms. The van der Waals surface area contributed by atoms with Crippen LogP contribution in [0.2, 0.25) is 0 Å². The Hall–Kier alpha value is -3.16. The van der Waals surface area contributed by atoms with Crippen LogP contribution in [0.5, 0.6) is 0 Å². The first-order valence-electron chi connectivity index (χ1n) is 9.53. The summed E-state index contributed by atoms with van der Waals surface area (Å²) in [6, 6.07) is 20.7. The molecule has 3 aromatic carbocycles. The molecule has 0 aliphatic rings. The van der Waals surface area contributed by atoms with Gasteiger partial charge < -0.3 is 0 Å². The summed E-state index contributed by atoms with van der Waals surface area (Å²) in [6.07, 6.45) is 1.79. The van der Waals surface area contributed by atoms with Crippen LogP contribution in [0.25, 0.3) is 21.7 Å². The molecule has 0 unspecified atom stereocenters. The van der Waals surface area contributed by atoms with Gasteiger partial charge in [-0.25, -0.2) is 9.98 Å². The first-order valence-corrected chi connectivity index (χ1v) is 11.1. The molecule has 1 aromatic heterocycles. The normalized spacial score (nSPS) is 11.2. The average Bonchev–Trinajstić information content (AvgIpc) is 3.16. The topological polar surface area (TPSA) is 68.4 Å². The molecule has 0 bridgehead atoms. The van der Waals surface area contributed by atoms with Gasteiger partial charge in [0.05, 0.1) is 15.5 Å². The number of benzene rings is 3. The lowest BCUT2D eigenvalue weighted by atomic mass is 10.0. The van der Waals surface area contributed by atoms with Gasteiger partial charge in [-0.05, 0) is 54.8 Å².